The number of hydrogen-bond acceptors (Lipinski definition) is 6. The quantitative estimate of drug-likeness (QED) is 0.701. The fourth-order valence-corrected chi connectivity index (χ4v) is 3.11. The van der Waals surface area contributed by atoms with E-state index in [0.29, 0.717) is 23.6 Å². The Balaban J connectivity index is 1.30. The van der Waals surface area contributed by atoms with E-state index >= 15 is 0 Å². The molecule has 2 heterocycles. The van der Waals surface area contributed by atoms with Gasteiger partial charge < -0.3 is 23.9 Å². The van der Waals surface area contributed by atoms with Crippen LogP contribution in [0, 0.1) is 0 Å². The van der Waals surface area contributed by atoms with Gasteiger partial charge in [-0.2, -0.15) is 4.98 Å². The molecule has 2 aromatic carbocycles. The van der Waals surface area contributed by atoms with E-state index in [9.17, 15) is 5.11 Å². The molecular weight excluding hydrogens is 332 g/mol. The summed E-state index contributed by atoms with van der Waals surface area (Å²) < 4.78 is 16.8. The minimum absolute atomic E-state index is 0.209. The number of oxazole rings is 1. The molecule has 1 unspecified atom stereocenters. The lowest BCUT2D eigenvalue weighted by Gasteiger charge is -2.19. The fraction of sp³-hybridized carbons (Fsp3) is 0.350. The second-order valence-electron chi connectivity index (χ2n) is 6.49. The average molecular weight is 354 g/mol. The molecule has 6 heteroatoms. The number of ether oxygens (including phenoxy) is 2. The maximum absolute atomic E-state index is 10.1. The molecule has 1 aliphatic rings. The lowest BCUT2D eigenvalue weighted by atomic mass is 10.3. The van der Waals surface area contributed by atoms with Gasteiger partial charge in [0.1, 0.15) is 29.7 Å². The predicted molar refractivity (Wildman–Crippen MR) is 97.7 cm³/mol. The van der Waals surface area contributed by atoms with Crippen LogP contribution < -0.4 is 9.47 Å². The Bertz CT molecular complexity index is 807. The van der Waals surface area contributed by atoms with Crippen LogP contribution >= 0.6 is 0 Å². The summed E-state index contributed by atoms with van der Waals surface area (Å²) in [5, 5.41) is 10.1. The van der Waals surface area contributed by atoms with Gasteiger partial charge in [-0.3, -0.25) is 0 Å². The van der Waals surface area contributed by atoms with Crippen molar-refractivity contribution in [2.75, 3.05) is 26.2 Å². The van der Waals surface area contributed by atoms with Crippen LogP contribution in [-0.2, 0) is 0 Å². The number of aliphatic hydroxyl groups excluding tert-OH is 1. The van der Waals surface area contributed by atoms with E-state index < -0.39 is 6.10 Å². The Morgan fingerprint density at radius 2 is 1.77 bits per heavy atom. The molecule has 1 saturated heterocycles. The topological polar surface area (TPSA) is 68.0 Å². The molecule has 0 saturated carbocycles. The third-order valence-electron chi connectivity index (χ3n) is 4.41. The summed E-state index contributed by atoms with van der Waals surface area (Å²) in [4.78, 5) is 6.55. The molecule has 136 valence electrons. The lowest BCUT2D eigenvalue weighted by Crippen LogP contribution is -2.33. The number of β-amino-alcohol motifs (C(OH)–C–C–N with tert-alkyl or cyclic N) is 1. The number of rotatable bonds is 7. The third-order valence-corrected chi connectivity index (χ3v) is 4.41. The van der Waals surface area contributed by atoms with Crippen LogP contribution in [-0.4, -0.2) is 47.3 Å². The fourth-order valence-electron chi connectivity index (χ4n) is 3.11. The van der Waals surface area contributed by atoms with Crippen LogP contribution in [0.5, 0.6) is 17.6 Å². The Kier molecular flexibility index (Phi) is 5.04. The number of aliphatic hydroxyl groups is 1. The summed E-state index contributed by atoms with van der Waals surface area (Å²) in [6.45, 7) is 3.08. The SMILES string of the molecule is OC(COc1ccc(Oc2nc3ccccc3o2)cc1)CN1CCCC1. The summed E-state index contributed by atoms with van der Waals surface area (Å²) in [6.07, 6.45) is 2.16. The Labute approximate surface area is 152 Å². The van der Waals surface area contributed by atoms with Gasteiger partial charge in [0.05, 0.1) is 0 Å². The van der Waals surface area contributed by atoms with Gasteiger partial charge in [0.2, 0.25) is 0 Å². The lowest BCUT2D eigenvalue weighted by molar-refractivity contribution is 0.0758. The van der Waals surface area contributed by atoms with Gasteiger partial charge in [0, 0.05) is 6.54 Å². The first-order valence-electron chi connectivity index (χ1n) is 8.93. The highest BCUT2D eigenvalue weighted by atomic mass is 16.6. The van der Waals surface area contributed by atoms with Crippen LogP contribution in [0.1, 0.15) is 12.8 Å². The average Bonchev–Trinajstić information content (AvgIpc) is 3.30. The van der Waals surface area contributed by atoms with E-state index in [0.717, 1.165) is 18.6 Å². The molecule has 6 nitrogen and oxygen atoms in total. The Morgan fingerprint density at radius 3 is 2.54 bits per heavy atom. The minimum atomic E-state index is -0.483. The normalized spacial score (nSPS) is 16.0. The van der Waals surface area contributed by atoms with Crippen molar-refractivity contribution < 1.29 is 19.0 Å². The van der Waals surface area contributed by atoms with Gasteiger partial charge in [0.15, 0.2) is 5.58 Å². The van der Waals surface area contributed by atoms with E-state index in [-0.39, 0.29) is 12.7 Å². The highest BCUT2D eigenvalue weighted by Gasteiger charge is 2.16. The number of para-hydroxylation sites is 2. The van der Waals surface area contributed by atoms with E-state index in [1.165, 1.54) is 12.8 Å². The molecule has 0 amide bonds. The number of hydrogen-bond donors (Lipinski definition) is 1. The molecule has 0 spiro atoms. The number of nitrogens with zero attached hydrogens (tertiary/aromatic N) is 2. The Hall–Kier alpha value is -2.57. The van der Waals surface area contributed by atoms with Crippen molar-refractivity contribution in [1.29, 1.82) is 0 Å². The maximum atomic E-state index is 10.1. The monoisotopic (exact) mass is 354 g/mol. The molecule has 1 fully saturated rings. The number of likely N-dealkylation sites (tertiary alicyclic amines) is 1. The van der Waals surface area contributed by atoms with E-state index in [1.807, 2.05) is 24.3 Å². The van der Waals surface area contributed by atoms with Crippen molar-refractivity contribution in [2.45, 2.75) is 18.9 Å². The summed E-state index contributed by atoms with van der Waals surface area (Å²) in [6, 6.07) is 14.7. The maximum Gasteiger partial charge on any atom is 0.400 e. The largest absolute Gasteiger partial charge is 0.491 e. The van der Waals surface area contributed by atoms with Crippen LogP contribution in [0.4, 0.5) is 0 Å². The van der Waals surface area contributed by atoms with Crippen molar-refractivity contribution in [3.63, 3.8) is 0 Å². The number of fused-ring (bicyclic) bond motifs is 1. The summed E-state index contributed by atoms with van der Waals surface area (Å²) in [7, 11) is 0. The van der Waals surface area contributed by atoms with Crippen LogP contribution in [0.3, 0.4) is 0 Å². The number of aromatic nitrogens is 1. The molecule has 0 aliphatic carbocycles. The van der Waals surface area contributed by atoms with Gasteiger partial charge in [-0.15, -0.1) is 0 Å². The second kappa shape index (κ2) is 7.76. The molecule has 1 N–H and O–H groups in total. The molecule has 0 bridgehead atoms. The van der Waals surface area contributed by atoms with Crippen molar-refractivity contribution in [2.24, 2.45) is 0 Å². The van der Waals surface area contributed by atoms with Crippen LogP contribution in [0.15, 0.2) is 52.9 Å². The minimum Gasteiger partial charge on any atom is -0.491 e. The first-order chi connectivity index (χ1) is 12.8. The molecule has 1 aliphatic heterocycles. The predicted octanol–water partition coefficient (Wildman–Crippen LogP) is 3.46. The number of benzene rings is 2. The standard InChI is InChI=1S/C20H22N2O4/c23-15(13-22-11-3-4-12-22)14-24-16-7-9-17(10-8-16)25-20-21-18-5-1-2-6-19(18)26-20/h1-2,5-10,15,23H,3-4,11-14H2. The van der Waals surface area contributed by atoms with Crippen molar-refractivity contribution in [1.82, 2.24) is 9.88 Å². The van der Waals surface area contributed by atoms with Gasteiger partial charge in [-0.1, -0.05) is 12.1 Å². The summed E-state index contributed by atoms with van der Waals surface area (Å²) in [5.41, 5.74) is 1.45. The van der Waals surface area contributed by atoms with E-state index in [4.69, 9.17) is 13.9 Å². The second-order valence-corrected chi connectivity index (χ2v) is 6.49. The molecule has 4 rings (SSSR count). The molecule has 0 radical (unpaired) electrons. The highest BCUT2D eigenvalue weighted by Crippen LogP contribution is 2.26. The van der Waals surface area contributed by atoms with Crippen LogP contribution in [0.25, 0.3) is 11.1 Å². The van der Waals surface area contributed by atoms with Gasteiger partial charge in [0.25, 0.3) is 0 Å². The highest BCUT2D eigenvalue weighted by molar-refractivity contribution is 5.72. The zero-order valence-corrected chi connectivity index (χ0v) is 14.5. The first kappa shape index (κ1) is 16.9. The first-order valence-corrected chi connectivity index (χ1v) is 8.93. The van der Waals surface area contributed by atoms with Gasteiger partial charge in [-0.25, -0.2) is 0 Å². The van der Waals surface area contributed by atoms with Gasteiger partial charge >= 0.3 is 6.08 Å². The molecular formula is C20H22N2O4. The molecule has 1 atom stereocenters. The van der Waals surface area contributed by atoms with Crippen molar-refractivity contribution in [3.8, 4) is 17.6 Å². The smallest absolute Gasteiger partial charge is 0.400 e. The van der Waals surface area contributed by atoms with Gasteiger partial charge in [-0.05, 0) is 62.3 Å². The van der Waals surface area contributed by atoms with E-state index in [2.05, 4.69) is 9.88 Å². The molecule has 3 aromatic rings. The summed E-state index contributed by atoms with van der Waals surface area (Å²) >= 11 is 0. The zero-order valence-electron chi connectivity index (χ0n) is 14.5. The molecule has 1 aromatic heterocycles. The third kappa shape index (κ3) is 4.15. The van der Waals surface area contributed by atoms with Crippen LogP contribution in [0.2, 0.25) is 0 Å². The van der Waals surface area contributed by atoms with Crippen molar-refractivity contribution in [3.05, 3.63) is 48.5 Å². The zero-order chi connectivity index (χ0) is 17.8. The molecule has 26 heavy (non-hydrogen) atoms. The summed E-state index contributed by atoms with van der Waals surface area (Å²) in [5.74, 6) is 1.30. The Morgan fingerprint density at radius 1 is 1.04 bits per heavy atom. The van der Waals surface area contributed by atoms with Crippen molar-refractivity contribution >= 4 is 11.1 Å². The van der Waals surface area contributed by atoms with E-state index in [1.54, 1.807) is 24.3 Å².